The van der Waals surface area contributed by atoms with Crippen LogP contribution in [0.5, 0.6) is 0 Å². The molecule has 2 amide bonds. The highest BCUT2D eigenvalue weighted by molar-refractivity contribution is 6.05. The molecule has 3 N–H and O–H groups in total. The van der Waals surface area contributed by atoms with Gasteiger partial charge in [0.2, 0.25) is 11.8 Å². The molecular weight excluding hydrogens is 218 g/mol. The highest BCUT2D eigenvalue weighted by Gasteiger charge is 2.28. The van der Waals surface area contributed by atoms with E-state index in [1.165, 1.54) is 4.90 Å². The molecule has 0 spiro atoms. The van der Waals surface area contributed by atoms with Crippen LogP contribution in [0.4, 0.5) is 11.4 Å². The number of hydrogen-bond donors (Lipinski definition) is 2. The molecule has 17 heavy (non-hydrogen) atoms. The normalized spacial score (nSPS) is 13.7. The number of hydrogen-bond acceptors (Lipinski definition) is 3. The predicted octanol–water partition coefficient (Wildman–Crippen LogP) is 0.294. The van der Waals surface area contributed by atoms with Crippen LogP contribution in [0.25, 0.3) is 0 Å². The molecule has 0 atom stereocenters. The average Bonchev–Trinajstić information content (AvgIpc) is 2.55. The Bertz CT molecular complexity index is 471. The largest absolute Gasteiger partial charge is 0.399 e. The van der Waals surface area contributed by atoms with Gasteiger partial charge in [0.05, 0.1) is 6.42 Å². The fourth-order valence-electron chi connectivity index (χ4n) is 1.97. The van der Waals surface area contributed by atoms with Gasteiger partial charge in [0, 0.05) is 17.9 Å². The second-order valence-electron chi connectivity index (χ2n) is 4.00. The first-order valence-electron chi connectivity index (χ1n) is 5.57. The van der Waals surface area contributed by atoms with Crippen molar-refractivity contribution in [3.63, 3.8) is 0 Å². The lowest BCUT2D eigenvalue weighted by molar-refractivity contribution is -0.123. The average molecular weight is 233 g/mol. The Morgan fingerprint density at radius 1 is 1.53 bits per heavy atom. The molecule has 0 radical (unpaired) electrons. The third-order valence-electron chi connectivity index (χ3n) is 2.71. The van der Waals surface area contributed by atoms with Gasteiger partial charge in [-0.05, 0) is 30.7 Å². The van der Waals surface area contributed by atoms with Gasteiger partial charge in [-0.25, -0.2) is 0 Å². The van der Waals surface area contributed by atoms with E-state index in [0.29, 0.717) is 18.7 Å². The van der Waals surface area contributed by atoms with Crippen LogP contribution in [-0.4, -0.2) is 24.9 Å². The van der Waals surface area contributed by atoms with Crippen molar-refractivity contribution in [1.82, 2.24) is 5.32 Å². The maximum Gasteiger partial charge on any atom is 0.240 e. The van der Waals surface area contributed by atoms with Crippen LogP contribution in [0.3, 0.4) is 0 Å². The van der Waals surface area contributed by atoms with E-state index in [1.54, 1.807) is 18.2 Å². The van der Waals surface area contributed by atoms with E-state index in [1.807, 2.05) is 6.92 Å². The molecule has 0 aromatic heterocycles. The lowest BCUT2D eigenvalue weighted by atomic mass is 10.1. The predicted molar refractivity (Wildman–Crippen MR) is 65.6 cm³/mol. The van der Waals surface area contributed by atoms with Crippen LogP contribution in [0.15, 0.2) is 18.2 Å². The van der Waals surface area contributed by atoms with E-state index in [9.17, 15) is 9.59 Å². The molecule has 0 saturated heterocycles. The number of likely N-dealkylation sites (N-methyl/N-ethyl adjacent to an activating group) is 1. The van der Waals surface area contributed by atoms with Gasteiger partial charge in [-0.3, -0.25) is 9.59 Å². The van der Waals surface area contributed by atoms with Crippen LogP contribution >= 0.6 is 0 Å². The van der Waals surface area contributed by atoms with E-state index in [4.69, 9.17) is 5.73 Å². The highest BCUT2D eigenvalue weighted by Crippen LogP contribution is 2.29. The minimum atomic E-state index is -0.148. The van der Waals surface area contributed by atoms with Crippen molar-refractivity contribution in [2.45, 2.75) is 13.3 Å². The number of nitrogens with two attached hydrogens (primary N) is 1. The van der Waals surface area contributed by atoms with Crippen molar-refractivity contribution in [2.75, 3.05) is 23.7 Å². The number of carbonyl (C=O) groups excluding carboxylic acids is 2. The van der Waals surface area contributed by atoms with Crippen molar-refractivity contribution in [2.24, 2.45) is 0 Å². The smallest absolute Gasteiger partial charge is 0.240 e. The summed E-state index contributed by atoms with van der Waals surface area (Å²) in [5.41, 5.74) is 7.97. The number of nitrogen functional groups attached to an aromatic ring is 1. The molecule has 2 rings (SSSR count). The zero-order valence-corrected chi connectivity index (χ0v) is 9.69. The number of nitrogens with one attached hydrogen (secondary N) is 1. The lowest BCUT2D eigenvalue weighted by Gasteiger charge is -2.16. The molecule has 1 aliphatic rings. The second kappa shape index (κ2) is 4.45. The second-order valence-corrected chi connectivity index (χ2v) is 4.00. The van der Waals surface area contributed by atoms with Crippen molar-refractivity contribution >= 4 is 23.2 Å². The highest BCUT2D eigenvalue weighted by atomic mass is 16.2. The molecule has 5 heteroatoms. The van der Waals surface area contributed by atoms with Gasteiger partial charge in [0.15, 0.2) is 0 Å². The van der Waals surface area contributed by atoms with Crippen LogP contribution < -0.4 is 16.0 Å². The van der Waals surface area contributed by atoms with E-state index < -0.39 is 0 Å². The number of rotatable bonds is 3. The summed E-state index contributed by atoms with van der Waals surface area (Å²) in [6, 6.07) is 5.31. The zero-order valence-electron chi connectivity index (χ0n) is 9.69. The van der Waals surface area contributed by atoms with Gasteiger partial charge in [0.25, 0.3) is 0 Å². The third-order valence-corrected chi connectivity index (χ3v) is 2.71. The Morgan fingerprint density at radius 2 is 2.29 bits per heavy atom. The summed E-state index contributed by atoms with van der Waals surface area (Å²) < 4.78 is 0. The Kier molecular flexibility index (Phi) is 2.99. The molecule has 1 aliphatic heterocycles. The van der Waals surface area contributed by atoms with Crippen LogP contribution in [-0.2, 0) is 16.0 Å². The van der Waals surface area contributed by atoms with Crippen molar-refractivity contribution in [1.29, 1.82) is 0 Å². The summed E-state index contributed by atoms with van der Waals surface area (Å²) in [7, 11) is 0. The number of amides is 2. The molecule has 0 unspecified atom stereocenters. The van der Waals surface area contributed by atoms with Crippen LogP contribution in [0.2, 0.25) is 0 Å². The van der Waals surface area contributed by atoms with E-state index >= 15 is 0 Å². The van der Waals surface area contributed by atoms with Gasteiger partial charge in [0.1, 0.15) is 6.54 Å². The first-order chi connectivity index (χ1) is 8.11. The summed E-state index contributed by atoms with van der Waals surface area (Å²) in [6.07, 6.45) is 0.319. The van der Waals surface area contributed by atoms with E-state index in [-0.39, 0.29) is 18.4 Å². The fourth-order valence-corrected chi connectivity index (χ4v) is 1.97. The summed E-state index contributed by atoms with van der Waals surface area (Å²) >= 11 is 0. The quantitative estimate of drug-likeness (QED) is 0.737. The van der Waals surface area contributed by atoms with Crippen LogP contribution in [0.1, 0.15) is 12.5 Å². The molecule has 90 valence electrons. The lowest BCUT2D eigenvalue weighted by Crippen LogP contribution is -2.38. The number of nitrogens with zero attached hydrogens (tertiary/aromatic N) is 1. The monoisotopic (exact) mass is 233 g/mol. The summed E-state index contributed by atoms with van der Waals surface area (Å²) in [5.74, 6) is -0.206. The van der Waals surface area contributed by atoms with Crippen molar-refractivity contribution in [3.8, 4) is 0 Å². The molecule has 1 aromatic rings. The maximum absolute atomic E-state index is 11.8. The summed E-state index contributed by atoms with van der Waals surface area (Å²) in [5, 5.41) is 2.68. The Hall–Kier alpha value is -2.04. The standard InChI is InChI=1S/C12H15N3O2/c1-2-14-11(16)7-15-10-4-3-9(13)5-8(10)6-12(15)17/h3-5H,2,6-7,13H2,1H3,(H,14,16). The van der Waals surface area contributed by atoms with E-state index in [2.05, 4.69) is 5.32 Å². The zero-order chi connectivity index (χ0) is 12.4. The van der Waals surface area contributed by atoms with Crippen molar-refractivity contribution < 1.29 is 9.59 Å². The molecular formula is C12H15N3O2. The minimum Gasteiger partial charge on any atom is -0.399 e. The number of anilines is 2. The van der Waals surface area contributed by atoms with Gasteiger partial charge < -0.3 is 16.0 Å². The van der Waals surface area contributed by atoms with Gasteiger partial charge in [-0.15, -0.1) is 0 Å². The number of fused-ring (bicyclic) bond motifs is 1. The molecule has 1 aromatic carbocycles. The molecule has 0 aliphatic carbocycles. The first kappa shape index (κ1) is 11.4. The third kappa shape index (κ3) is 2.22. The minimum absolute atomic E-state index is 0.0585. The van der Waals surface area contributed by atoms with E-state index in [0.717, 1.165) is 11.3 Å². The fraction of sp³-hybridized carbons (Fsp3) is 0.333. The van der Waals surface area contributed by atoms with Crippen molar-refractivity contribution in [3.05, 3.63) is 23.8 Å². The maximum atomic E-state index is 11.8. The molecule has 0 saturated carbocycles. The molecule has 0 bridgehead atoms. The molecule has 0 fully saturated rings. The Labute approximate surface area is 99.6 Å². The topological polar surface area (TPSA) is 75.4 Å². The molecule has 1 heterocycles. The number of benzene rings is 1. The summed E-state index contributed by atoms with van der Waals surface area (Å²) in [6.45, 7) is 2.48. The molecule has 5 nitrogen and oxygen atoms in total. The number of carbonyl (C=O) groups is 2. The first-order valence-corrected chi connectivity index (χ1v) is 5.57. The van der Waals surface area contributed by atoms with Gasteiger partial charge in [-0.2, -0.15) is 0 Å². The van der Waals surface area contributed by atoms with Gasteiger partial charge >= 0.3 is 0 Å². The Morgan fingerprint density at radius 3 is 3.00 bits per heavy atom. The SMILES string of the molecule is CCNC(=O)CN1C(=O)Cc2cc(N)ccc21. The Balaban J connectivity index is 2.20. The van der Waals surface area contributed by atoms with Gasteiger partial charge in [-0.1, -0.05) is 0 Å². The van der Waals surface area contributed by atoms with Crippen LogP contribution in [0, 0.1) is 0 Å². The summed E-state index contributed by atoms with van der Waals surface area (Å²) in [4.78, 5) is 24.8.